The van der Waals surface area contributed by atoms with Gasteiger partial charge in [0.05, 0.1) is 0 Å². The smallest absolute Gasteiger partial charge is 0.274 e. The SMILES string of the molecule is Nc1cc(N)cc(C(=O)NO)c1. The van der Waals surface area contributed by atoms with Crippen LogP contribution in [-0.4, -0.2) is 11.1 Å². The molecular weight excluding hydrogens is 158 g/mol. The highest BCUT2D eigenvalue weighted by molar-refractivity contribution is 5.95. The number of benzene rings is 1. The molecule has 1 rings (SSSR count). The zero-order chi connectivity index (χ0) is 9.14. The van der Waals surface area contributed by atoms with E-state index >= 15 is 0 Å². The number of nitrogens with one attached hydrogen (secondary N) is 1. The molecule has 12 heavy (non-hydrogen) atoms. The van der Waals surface area contributed by atoms with Crippen molar-refractivity contribution >= 4 is 17.3 Å². The molecule has 64 valence electrons. The zero-order valence-corrected chi connectivity index (χ0v) is 6.24. The molecule has 0 fully saturated rings. The Hall–Kier alpha value is -1.75. The summed E-state index contributed by atoms with van der Waals surface area (Å²) < 4.78 is 0. The average molecular weight is 167 g/mol. The number of carbonyl (C=O) groups excluding carboxylic acids is 1. The second-order valence-corrected chi connectivity index (χ2v) is 2.33. The minimum Gasteiger partial charge on any atom is -0.399 e. The van der Waals surface area contributed by atoms with Crippen molar-refractivity contribution in [1.29, 1.82) is 0 Å². The highest BCUT2D eigenvalue weighted by Gasteiger charge is 2.04. The van der Waals surface area contributed by atoms with Crippen LogP contribution in [0.5, 0.6) is 0 Å². The minimum absolute atomic E-state index is 0.231. The normalized spacial score (nSPS) is 9.42. The van der Waals surface area contributed by atoms with Gasteiger partial charge in [0, 0.05) is 16.9 Å². The minimum atomic E-state index is -0.631. The van der Waals surface area contributed by atoms with Gasteiger partial charge < -0.3 is 11.5 Å². The number of amides is 1. The molecule has 0 aromatic heterocycles. The van der Waals surface area contributed by atoms with Crippen molar-refractivity contribution in [2.45, 2.75) is 0 Å². The Morgan fingerprint density at radius 3 is 2.17 bits per heavy atom. The van der Waals surface area contributed by atoms with Crippen LogP contribution in [0.1, 0.15) is 10.4 Å². The average Bonchev–Trinajstić information content (AvgIpc) is 2.01. The Bertz CT molecular complexity index is 291. The fraction of sp³-hybridized carbons (Fsp3) is 0. The molecular formula is C7H9N3O2. The summed E-state index contributed by atoms with van der Waals surface area (Å²) in [5.41, 5.74) is 13.3. The number of hydrogen-bond donors (Lipinski definition) is 4. The van der Waals surface area contributed by atoms with Crippen molar-refractivity contribution in [3.8, 4) is 0 Å². The van der Waals surface area contributed by atoms with Crippen LogP contribution in [0.3, 0.4) is 0 Å². The van der Waals surface area contributed by atoms with Crippen LogP contribution in [0.2, 0.25) is 0 Å². The maximum atomic E-state index is 10.8. The van der Waals surface area contributed by atoms with E-state index in [0.29, 0.717) is 11.4 Å². The number of anilines is 2. The van der Waals surface area contributed by atoms with E-state index in [9.17, 15) is 4.79 Å². The first-order chi connectivity index (χ1) is 5.63. The first kappa shape index (κ1) is 8.35. The predicted molar refractivity (Wildman–Crippen MR) is 44.5 cm³/mol. The van der Waals surface area contributed by atoms with Gasteiger partial charge in [-0.1, -0.05) is 0 Å². The predicted octanol–water partition coefficient (Wildman–Crippen LogP) is -0.0300. The van der Waals surface area contributed by atoms with E-state index in [1.165, 1.54) is 23.7 Å². The van der Waals surface area contributed by atoms with Crippen LogP contribution < -0.4 is 16.9 Å². The van der Waals surface area contributed by atoms with Gasteiger partial charge in [-0.2, -0.15) is 0 Å². The monoisotopic (exact) mass is 167 g/mol. The molecule has 5 nitrogen and oxygen atoms in total. The van der Waals surface area contributed by atoms with E-state index in [1.807, 2.05) is 0 Å². The summed E-state index contributed by atoms with van der Waals surface area (Å²) in [4.78, 5) is 10.8. The first-order valence-corrected chi connectivity index (χ1v) is 3.24. The molecule has 0 aliphatic heterocycles. The Morgan fingerprint density at radius 1 is 1.25 bits per heavy atom. The Balaban J connectivity index is 3.08. The highest BCUT2D eigenvalue weighted by atomic mass is 16.5. The topological polar surface area (TPSA) is 101 Å². The van der Waals surface area contributed by atoms with E-state index in [-0.39, 0.29) is 5.56 Å². The lowest BCUT2D eigenvalue weighted by atomic mass is 10.1. The van der Waals surface area contributed by atoms with Gasteiger partial charge in [-0.3, -0.25) is 10.0 Å². The summed E-state index contributed by atoms with van der Waals surface area (Å²) in [5.74, 6) is -0.631. The van der Waals surface area contributed by atoms with Gasteiger partial charge in [-0.25, -0.2) is 5.48 Å². The Morgan fingerprint density at radius 2 is 1.75 bits per heavy atom. The molecule has 0 heterocycles. The van der Waals surface area contributed by atoms with Crippen LogP contribution >= 0.6 is 0 Å². The number of hydroxylamine groups is 1. The third kappa shape index (κ3) is 1.64. The molecule has 0 atom stereocenters. The van der Waals surface area contributed by atoms with Crippen LogP contribution in [0.15, 0.2) is 18.2 Å². The van der Waals surface area contributed by atoms with Crippen LogP contribution in [0, 0.1) is 0 Å². The lowest BCUT2D eigenvalue weighted by molar-refractivity contribution is 0.0706. The molecule has 1 aromatic rings. The fourth-order valence-corrected chi connectivity index (χ4v) is 0.872. The maximum Gasteiger partial charge on any atom is 0.274 e. The molecule has 5 heteroatoms. The van der Waals surface area contributed by atoms with Gasteiger partial charge in [0.25, 0.3) is 5.91 Å². The summed E-state index contributed by atoms with van der Waals surface area (Å²) in [5, 5.41) is 8.29. The molecule has 0 aliphatic rings. The van der Waals surface area contributed by atoms with Crippen molar-refractivity contribution in [3.63, 3.8) is 0 Å². The fourth-order valence-electron chi connectivity index (χ4n) is 0.872. The number of nitrogens with two attached hydrogens (primary N) is 2. The third-order valence-corrected chi connectivity index (χ3v) is 1.34. The maximum absolute atomic E-state index is 10.8. The molecule has 6 N–H and O–H groups in total. The molecule has 1 amide bonds. The van der Waals surface area contributed by atoms with E-state index in [1.54, 1.807) is 0 Å². The van der Waals surface area contributed by atoms with E-state index in [0.717, 1.165) is 0 Å². The number of hydrogen-bond acceptors (Lipinski definition) is 4. The third-order valence-electron chi connectivity index (χ3n) is 1.34. The number of rotatable bonds is 1. The molecule has 0 radical (unpaired) electrons. The second-order valence-electron chi connectivity index (χ2n) is 2.33. The Labute approximate surface area is 68.9 Å². The van der Waals surface area contributed by atoms with Gasteiger partial charge in [-0.05, 0) is 18.2 Å². The molecule has 0 saturated heterocycles. The van der Waals surface area contributed by atoms with Crippen molar-refractivity contribution in [2.75, 3.05) is 11.5 Å². The van der Waals surface area contributed by atoms with Crippen molar-refractivity contribution < 1.29 is 10.0 Å². The zero-order valence-electron chi connectivity index (χ0n) is 6.24. The summed E-state index contributed by atoms with van der Waals surface area (Å²) in [6.07, 6.45) is 0. The van der Waals surface area contributed by atoms with Crippen LogP contribution in [-0.2, 0) is 0 Å². The Kier molecular flexibility index (Phi) is 2.16. The summed E-state index contributed by atoms with van der Waals surface area (Å²) in [6.45, 7) is 0. The van der Waals surface area contributed by atoms with Crippen LogP contribution in [0.25, 0.3) is 0 Å². The van der Waals surface area contributed by atoms with Gasteiger partial charge in [0.2, 0.25) is 0 Å². The van der Waals surface area contributed by atoms with Crippen molar-refractivity contribution in [2.24, 2.45) is 0 Å². The summed E-state index contributed by atoms with van der Waals surface area (Å²) in [6, 6.07) is 4.36. The lowest BCUT2D eigenvalue weighted by Gasteiger charge is -2.01. The second kappa shape index (κ2) is 3.10. The molecule has 0 spiro atoms. The van der Waals surface area contributed by atoms with E-state index < -0.39 is 5.91 Å². The molecule has 0 saturated carbocycles. The van der Waals surface area contributed by atoms with Gasteiger partial charge in [0.15, 0.2) is 0 Å². The van der Waals surface area contributed by atoms with Crippen LogP contribution in [0.4, 0.5) is 11.4 Å². The van der Waals surface area contributed by atoms with Gasteiger partial charge in [-0.15, -0.1) is 0 Å². The molecule has 1 aromatic carbocycles. The number of carbonyl (C=O) groups is 1. The van der Waals surface area contributed by atoms with E-state index in [2.05, 4.69) is 0 Å². The standard InChI is InChI=1S/C7H9N3O2/c8-5-1-4(7(11)10-12)2-6(9)3-5/h1-3,12H,8-9H2,(H,10,11). The van der Waals surface area contributed by atoms with Gasteiger partial charge in [0.1, 0.15) is 0 Å². The van der Waals surface area contributed by atoms with Crippen molar-refractivity contribution in [3.05, 3.63) is 23.8 Å². The van der Waals surface area contributed by atoms with Gasteiger partial charge >= 0.3 is 0 Å². The number of nitrogen functional groups attached to an aromatic ring is 2. The van der Waals surface area contributed by atoms with E-state index in [4.69, 9.17) is 16.7 Å². The highest BCUT2D eigenvalue weighted by Crippen LogP contribution is 2.12. The lowest BCUT2D eigenvalue weighted by Crippen LogP contribution is -2.18. The summed E-state index contributed by atoms with van der Waals surface area (Å²) in [7, 11) is 0. The molecule has 0 aliphatic carbocycles. The quantitative estimate of drug-likeness (QED) is 0.268. The molecule has 0 bridgehead atoms. The summed E-state index contributed by atoms with van der Waals surface area (Å²) >= 11 is 0. The van der Waals surface area contributed by atoms with Crippen molar-refractivity contribution in [1.82, 2.24) is 5.48 Å². The first-order valence-electron chi connectivity index (χ1n) is 3.24. The largest absolute Gasteiger partial charge is 0.399 e. The molecule has 0 unspecified atom stereocenters.